The zero-order chi connectivity index (χ0) is 14.6. The molecule has 0 bridgehead atoms. The molecule has 0 spiro atoms. The summed E-state index contributed by atoms with van der Waals surface area (Å²) < 4.78 is 6.71. The lowest BCUT2D eigenvalue weighted by Gasteiger charge is -2.44. The average molecular weight is 283 g/mol. The van der Waals surface area contributed by atoms with Crippen molar-refractivity contribution < 1.29 is 4.43 Å². The first kappa shape index (κ1) is 16.8. The molecule has 0 radical (unpaired) electrons. The topological polar surface area (TPSA) is 9.23 Å². The molecule has 0 atom stereocenters. The van der Waals surface area contributed by atoms with Gasteiger partial charge in [-0.05, 0) is 29.5 Å². The van der Waals surface area contributed by atoms with E-state index < -0.39 is 8.32 Å². The lowest BCUT2D eigenvalue weighted by atomic mass is 9.88. The highest BCUT2D eigenvalue weighted by Crippen LogP contribution is 2.45. The highest BCUT2D eigenvalue weighted by molar-refractivity contribution is 6.77. The highest BCUT2D eigenvalue weighted by Gasteiger charge is 2.47. The fourth-order valence-electron chi connectivity index (χ4n) is 4.09. The van der Waals surface area contributed by atoms with Gasteiger partial charge in [0.25, 0.3) is 8.32 Å². The number of allylic oxidation sites excluding steroid dienone is 1. The molecule has 19 heavy (non-hydrogen) atoms. The van der Waals surface area contributed by atoms with Gasteiger partial charge in [-0.2, -0.15) is 0 Å². The third kappa shape index (κ3) is 3.65. The Morgan fingerprint density at radius 3 is 1.68 bits per heavy atom. The molecule has 1 fully saturated rings. The minimum atomic E-state index is -1.77. The predicted octanol–water partition coefficient (Wildman–Crippen LogP) is 6.27. The zero-order valence-electron chi connectivity index (χ0n) is 14.0. The molecule has 0 aromatic heterocycles. The second kappa shape index (κ2) is 6.96. The van der Waals surface area contributed by atoms with Crippen LogP contribution in [-0.4, -0.2) is 8.32 Å². The average Bonchev–Trinajstić information content (AvgIpc) is 2.35. The van der Waals surface area contributed by atoms with Gasteiger partial charge in [0.2, 0.25) is 0 Å². The lowest BCUT2D eigenvalue weighted by Crippen LogP contribution is -2.48. The molecular formula is C17H34OSi. The van der Waals surface area contributed by atoms with Crippen LogP contribution in [0.2, 0.25) is 16.6 Å². The van der Waals surface area contributed by atoms with Crippen LogP contribution in [0.3, 0.4) is 0 Å². The minimum absolute atomic E-state index is 0.622. The zero-order valence-corrected chi connectivity index (χ0v) is 15.0. The van der Waals surface area contributed by atoms with Gasteiger partial charge >= 0.3 is 0 Å². The molecule has 1 saturated carbocycles. The van der Waals surface area contributed by atoms with Gasteiger partial charge in [-0.1, -0.05) is 67.4 Å². The summed E-state index contributed by atoms with van der Waals surface area (Å²) in [6.07, 6.45) is 6.68. The van der Waals surface area contributed by atoms with E-state index >= 15 is 0 Å². The summed E-state index contributed by atoms with van der Waals surface area (Å²) in [6, 6.07) is 0. The summed E-state index contributed by atoms with van der Waals surface area (Å²) >= 11 is 0. The summed E-state index contributed by atoms with van der Waals surface area (Å²) in [7, 11) is -1.77. The molecule has 0 heterocycles. The standard InChI is InChI=1S/C17H34OSi/c1-13(2)19(14(3)4,15(5)6)18-16(7)17-11-9-8-10-12-17/h13-15,17H,7-12H2,1-6H3. The predicted molar refractivity (Wildman–Crippen MR) is 87.8 cm³/mol. The largest absolute Gasteiger partial charge is 0.546 e. The third-order valence-corrected chi connectivity index (χ3v) is 11.1. The van der Waals surface area contributed by atoms with Crippen molar-refractivity contribution in [1.29, 1.82) is 0 Å². The molecule has 0 saturated heterocycles. The van der Waals surface area contributed by atoms with E-state index in [0.717, 1.165) is 5.76 Å². The van der Waals surface area contributed by atoms with E-state index in [0.29, 0.717) is 22.5 Å². The maximum Gasteiger partial charge on any atom is 0.258 e. The van der Waals surface area contributed by atoms with Gasteiger partial charge in [-0.3, -0.25) is 0 Å². The first-order valence-electron chi connectivity index (χ1n) is 8.20. The third-order valence-electron chi connectivity index (χ3n) is 5.08. The van der Waals surface area contributed by atoms with Crippen molar-refractivity contribution in [2.75, 3.05) is 0 Å². The minimum Gasteiger partial charge on any atom is -0.546 e. The van der Waals surface area contributed by atoms with Gasteiger partial charge in [-0.25, -0.2) is 0 Å². The molecule has 0 aromatic rings. The second-order valence-electron chi connectivity index (χ2n) is 7.22. The molecule has 2 heteroatoms. The van der Waals surface area contributed by atoms with Gasteiger partial charge < -0.3 is 4.43 Å². The van der Waals surface area contributed by atoms with Crippen molar-refractivity contribution in [3.63, 3.8) is 0 Å². The Labute approximate surface area is 122 Å². The van der Waals surface area contributed by atoms with Crippen LogP contribution >= 0.6 is 0 Å². The molecular weight excluding hydrogens is 248 g/mol. The Morgan fingerprint density at radius 2 is 1.32 bits per heavy atom. The van der Waals surface area contributed by atoms with E-state index in [9.17, 15) is 0 Å². The molecule has 0 aliphatic heterocycles. The smallest absolute Gasteiger partial charge is 0.258 e. The summed E-state index contributed by atoms with van der Waals surface area (Å²) in [6.45, 7) is 18.4. The van der Waals surface area contributed by atoms with Crippen LogP contribution in [0.4, 0.5) is 0 Å². The van der Waals surface area contributed by atoms with E-state index in [1.165, 1.54) is 32.1 Å². The number of hydrogen-bond acceptors (Lipinski definition) is 1. The maximum absolute atomic E-state index is 6.71. The second-order valence-corrected chi connectivity index (χ2v) is 12.6. The Bertz CT molecular complexity index is 266. The Morgan fingerprint density at radius 1 is 0.895 bits per heavy atom. The lowest BCUT2D eigenvalue weighted by molar-refractivity contribution is 0.269. The number of rotatable bonds is 6. The summed E-state index contributed by atoms with van der Waals surface area (Å²) in [5.41, 5.74) is 1.94. The van der Waals surface area contributed by atoms with Crippen molar-refractivity contribution >= 4 is 8.32 Å². The summed E-state index contributed by atoms with van der Waals surface area (Å²) in [5.74, 6) is 1.74. The summed E-state index contributed by atoms with van der Waals surface area (Å²) in [4.78, 5) is 0. The van der Waals surface area contributed by atoms with Crippen molar-refractivity contribution in [3.05, 3.63) is 12.3 Å². The highest BCUT2D eigenvalue weighted by atomic mass is 28.4. The normalized spacial score (nSPS) is 18.4. The van der Waals surface area contributed by atoms with Crippen LogP contribution in [0.15, 0.2) is 12.3 Å². The monoisotopic (exact) mass is 282 g/mol. The molecule has 0 N–H and O–H groups in total. The Balaban J connectivity index is 2.84. The van der Waals surface area contributed by atoms with Crippen LogP contribution in [0, 0.1) is 5.92 Å². The van der Waals surface area contributed by atoms with Crippen LogP contribution < -0.4 is 0 Å². The Kier molecular flexibility index (Phi) is 6.16. The van der Waals surface area contributed by atoms with Crippen molar-refractivity contribution in [2.45, 2.75) is 90.3 Å². The van der Waals surface area contributed by atoms with Crippen LogP contribution in [-0.2, 0) is 4.43 Å². The molecule has 1 rings (SSSR count). The van der Waals surface area contributed by atoms with Gasteiger partial charge in [0.1, 0.15) is 0 Å². The molecule has 1 nitrogen and oxygen atoms in total. The SMILES string of the molecule is C=C(O[Si](C(C)C)(C(C)C)C(C)C)C1CCCCC1. The molecule has 0 aromatic carbocycles. The van der Waals surface area contributed by atoms with Crippen molar-refractivity contribution in [2.24, 2.45) is 5.92 Å². The van der Waals surface area contributed by atoms with Crippen molar-refractivity contribution in [3.8, 4) is 0 Å². The molecule has 0 unspecified atom stereocenters. The van der Waals surface area contributed by atoms with Crippen LogP contribution in [0.5, 0.6) is 0 Å². The van der Waals surface area contributed by atoms with Gasteiger partial charge in [-0.15, -0.1) is 0 Å². The summed E-state index contributed by atoms with van der Waals surface area (Å²) in [5, 5.41) is 0. The van der Waals surface area contributed by atoms with Crippen LogP contribution in [0.25, 0.3) is 0 Å². The number of hydrogen-bond donors (Lipinski definition) is 0. The fourth-order valence-corrected chi connectivity index (χ4v) is 9.42. The van der Waals surface area contributed by atoms with Gasteiger partial charge in [0, 0.05) is 5.92 Å². The van der Waals surface area contributed by atoms with E-state index in [-0.39, 0.29) is 0 Å². The first-order valence-corrected chi connectivity index (χ1v) is 10.3. The van der Waals surface area contributed by atoms with E-state index in [4.69, 9.17) is 4.43 Å². The maximum atomic E-state index is 6.71. The molecule has 1 aliphatic carbocycles. The Hall–Kier alpha value is -0.243. The fraction of sp³-hybridized carbons (Fsp3) is 0.882. The first-order chi connectivity index (χ1) is 8.82. The quantitative estimate of drug-likeness (QED) is 0.412. The van der Waals surface area contributed by atoms with E-state index in [2.05, 4.69) is 48.1 Å². The molecule has 112 valence electrons. The van der Waals surface area contributed by atoms with Gasteiger partial charge in [0.15, 0.2) is 0 Å². The van der Waals surface area contributed by atoms with Crippen molar-refractivity contribution in [1.82, 2.24) is 0 Å². The molecule has 0 amide bonds. The van der Waals surface area contributed by atoms with Gasteiger partial charge in [0.05, 0.1) is 5.76 Å². The van der Waals surface area contributed by atoms with E-state index in [1.54, 1.807) is 0 Å². The van der Waals surface area contributed by atoms with Crippen LogP contribution in [0.1, 0.15) is 73.6 Å². The molecule has 1 aliphatic rings. The van der Waals surface area contributed by atoms with E-state index in [1.807, 2.05) is 0 Å².